The van der Waals surface area contributed by atoms with Gasteiger partial charge in [0.1, 0.15) is 12.4 Å². The summed E-state index contributed by atoms with van der Waals surface area (Å²) in [6, 6.07) is 21.8. The summed E-state index contributed by atoms with van der Waals surface area (Å²) >= 11 is 12.5. The fourth-order valence-electron chi connectivity index (χ4n) is 3.57. The van der Waals surface area contributed by atoms with Gasteiger partial charge in [-0.3, -0.25) is 4.79 Å². The highest BCUT2D eigenvalue weighted by atomic mass is 35.5. The lowest BCUT2D eigenvalue weighted by molar-refractivity contribution is -0.131. The number of carbonyl (C=O) groups excluding carboxylic acids is 1. The zero-order valence-corrected chi connectivity index (χ0v) is 19.0. The first-order valence-electron chi connectivity index (χ1n) is 10.1. The quantitative estimate of drug-likeness (QED) is 0.365. The molecule has 1 aromatic heterocycles. The number of halogens is 2. The number of aromatic nitrogens is 2. The number of rotatable bonds is 6. The van der Waals surface area contributed by atoms with Crippen molar-refractivity contribution in [1.29, 1.82) is 0 Å². The number of aryl methyl sites for hydroxylation is 1. The van der Waals surface area contributed by atoms with E-state index in [-0.39, 0.29) is 12.5 Å². The van der Waals surface area contributed by atoms with Gasteiger partial charge in [0, 0.05) is 20.0 Å². The molecule has 0 spiro atoms. The lowest BCUT2D eigenvalue weighted by Gasteiger charge is -2.19. The van der Waals surface area contributed by atoms with Gasteiger partial charge in [-0.2, -0.15) is 0 Å². The van der Waals surface area contributed by atoms with Crippen molar-refractivity contribution in [3.05, 3.63) is 99.3 Å². The van der Waals surface area contributed by atoms with Gasteiger partial charge in [-0.25, -0.2) is 4.98 Å². The third-order valence-electron chi connectivity index (χ3n) is 5.33. The highest BCUT2D eigenvalue weighted by Gasteiger charge is 2.18. The third kappa shape index (κ3) is 4.92. The van der Waals surface area contributed by atoms with E-state index in [9.17, 15) is 4.79 Å². The maximum absolute atomic E-state index is 13.1. The normalized spacial score (nSPS) is 11.1. The van der Waals surface area contributed by atoms with Crippen molar-refractivity contribution < 1.29 is 4.79 Å². The number of likely N-dealkylation sites (N-methyl/N-ethyl adjacent to an activating group) is 1. The van der Waals surface area contributed by atoms with E-state index in [1.807, 2.05) is 41.9 Å². The lowest BCUT2D eigenvalue weighted by Crippen LogP contribution is -2.30. The van der Waals surface area contributed by atoms with Crippen molar-refractivity contribution in [1.82, 2.24) is 14.5 Å². The number of nitrogens with zero attached hydrogens (tertiary/aromatic N) is 3. The average molecular weight is 452 g/mol. The summed E-state index contributed by atoms with van der Waals surface area (Å²) in [7, 11) is 1.82. The van der Waals surface area contributed by atoms with Crippen LogP contribution in [0.5, 0.6) is 0 Å². The SMILES string of the molecule is Cc1ccc(Cc2nc3cc(Cl)c(Cl)cc3n2CC(=O)N(C)Cc2ccccc2)cc1. The minimum Gasteiger partial charge on any atom is -0.340 e. The summed E-state index contributed by atoms with van der Waals surface area (Å²) in [6.45, 7) is 2.79. The summed E-state index contributed by atoms with van der Waals surface area (Å²) in [5.74, 6) is 0.804. The molecule has 0 radical (unpaired) electrons. The number of carbonyl (C=O) groups is 1. The smallest absolute Gasteiger partial charge is 0.242 e. The van der Waals surface area contributed by atoms with Gasteiger partial charge in [0.05, 0.1) is 21.1 Å². The summed E-state index contributed by atoms with van der Waals surface area (Å²) in [5, 5.41) is 0.899. The molecule has 0 N–H and O–H groups in total. The molecule has 0 saturated heterocycles. The zero-order chi connectivity index (χ0) is 22.0. The van der Waals surface area contributed by atoms with Gasteiger partial charge in [-0.1, -0.05) is 83.4 Å². The molecule has 4 nitrogen and oxygen atoms in total. The van der Waals surface area contributed by atoms with E-state index >= 15 is 0 Å². The predicted octanol–water partition coefficient (Wildman–Crippen LogP) is 5.90. The summed E-state index contributed by atoms with van der Waals surface area (Å²) < 4.78 is 1.95. The molecule has 0 aliphatic carbocycles. The number of imidazole rings is 1. The molecular weight excluding hydrogens is 429 g/mol. The van der Waals surface area contributed by atoms with Crippen LogP contribution in [-0.4, -0.2) is 27.4 Å². The van der Waals surface area contributed by atoms with Gasteiger partial charge in [0.2, 0.25) is 5.91 Å². The van der Waals surface area contributed by atoms with Crippen molar-refractivity contribution in [3.8, 4) is 0 Å². The van der Waals surface area contributed by atoms with Gasteiger partial charge in [-0.05, 0) is 30.2 Å². The maximum Gasteiger partial charge on any atom is 0.242 e. The fourth-order valence-corrected chi connectivity index (χ4v) is 3.89. The molecule has 0 bridgehead atoms. The standard InChI is InChI=1S/C25H23Cl2N3O/c1-17-8-10-18(11-9-17)12-24-28-22-13-20(26)21(27)14-23(22)30(24)16-25(31)29(2)15-19-6-4-3-5-7-19/h3-11,13-14H,12,15-16H2,1-2H3. The minimum atomic E-state index is -0.000573. The molecule has 4 rings (SSSR count). The fraction of sp³-hybridized carbons (Fsp3) is 0.200. The summed E-state index contributed by atoms with van der Waals surface area (Å²) in [4.78, 5) is 19.6. The first-order chi connectivity index (χ1) is 14.9. The molecular formula is C25H23Cl2N3O. The van der Waals surface area contributed by atoms with Crippen LogP contribution in [0.15, 0.2) is 66.7 Å². The molecule has 3 aromatic carbocycles. The van der Waals surface area contributed by atoms with Crippen molar-refractivity contribution in [2.45, 2.75) is 26.4 Å². The van der Waals surface area contributed by atoms with Crippen LogP contribution >= 0.6 is 23.2 Å². The molecule has 0 saturated carbocycles. The second-order valence-corrected chi connectivity index (χ2v) is 8.58. The molecule has 0 fully saturated rings. The van der Waals surface area contributed by atoms with Crippen LogP contribution < -0.4 is 0 Å². The van der Waals surface area contributed by atoms with Gasteiger partial charge >= 0.3 is 0 Å². The first-order valence-corrected chi connectivity index (χ1v) is 10.8. The Labute approximate surface area is 192 Å². The minimum absolute atomic E-state index is 0.000573. The van der Waals surface area contributed by atoms with E-state index in [4.69, 9.17) is 28.2 Å². The monoisotopic (exact) mass is 451 g/mol. The topological polar surface area (TPSA) is 38.1 Å². The highest BCUT2D eigenvalue weighted by molar-refractivity contribution is 6.42. The van der Waals surface area contributed by atoms with E-state index in [0.717, 1.165) is 28.0 Å². The number of hydrogen-bond donors (Lipinski definition) is 0. The molecule has 1 heterocycles. The molecule has 1 amide bonds. The summed E-state index contributed by atoms with van der Waals surface area (Å²) in [5.41, 5.74) is 4.95. The number of amides is 1. The van der Waals surface area contributed by atoms with Crippen molar-refractivity contribution in [2.75, 3.05) is 7.05 Å². The number of fused-ring (bicyclic) bond motifs is 1. The van der Waals surface area contributed by atoms with Gasteiger partial charge < -0.3 is 9.47 Å². The Morgan fingerprint density at radius 1 is 0.968 bits per heavy atom. The zero-order valence-electron chi connectivity index (χ0n) is 17.5. The van der Waals surface area contributed by atoms with E-state index in [1.165, 1.54) is 5.56 Å². The van der Waals surface area contributed by atoms with Crippen molar-refractivity contribution >= 4 is 40.1 Å². The molecule has 0 aliphatic rings. The number of hydrogen-bond acceptors (Lipinski definition) is 2. The molecule has 4 aromatic rings. The van der Waals surface area contributed by atoms with E-state index in [1.54, 1.807) is 17.0 Å². The van der Waals surface area contributed by atoms with Crippen LogP contribution in [0.1, 0.15) is 22.5 Å². The predicted molar refractivity (Wildman–Crippen MR) is 127 cm³/mol. The van der Waals surface area contributed by atoms with Crippen LogP contribution in [0.4, 0.5) is 0 Å². The Balaban J connectivity index is 1.66. The van der Waals surface area contributed by atoms with Gasteiger partial charge in [-0.15, -0.1) is 0 Å². The van der Waals surface area contributed by atoms with Crippen LogP contribution in [0.3, 0.4) is 0 Å². The average Bonchev–Trinajstić information content (AvgIpc) is 3.06. The lowest BCUT2D eigenvalue weighted by atomic mass is 10.1. The van der Waals surface area contributed by atoms with Crippen LogP contribution in [0.25, 0.3) is 11.0 Å². The Kier molecular flexibility index (Phi) is 6.30. The maximum atomic E-state index is 13.1. The van der Waals surface area contributed by atoms with Crippen molar-refractivity contribution in [2.24, 2.45) is 0 Å². The molecule has 0 atom stereocenters. The molecule has 158 valence electrons. The van der Waals surface area contributed by atoms with Crippen LogP contribution in [-0.2, 0) is 24.3 Å². The van der Waals surface area contributed by atoms with Crippen molar-refractivity contribution in [3.63, 3.8) is 0 Å². The largest absolute Gasteiger partial charge is 0.340 e. The molecule has 6 heteroatoms. The Hall–Kier alpha value is -2.82. The Bertz CT molecular complexity index is 1220. The second kappa shape index (κ2) is 9.13. The highest BCUT2D eigenvalue weighted by Crippen LogP contribution is 2.29. The van der Waals surface area contributed by atoms with E-state index in [0.29, 0.717) is 23.0 Å². The van der Waals surface area contributed by atoms with E-state index in [2.05, 4.69) is 31.2 Å². The van der Waals surface area contributed by atoms with Gasteiger partial charge in [0.15, 0.2) is 0 Å². The Morgan fingerprint density at radius 2 is 1.65 bits per heavy atom. The van der Waals surface area contributed by atoms with Gasteiger partial charge in [0.25, 0.3) is 0 Å². The van der Waals surface area contributed by atoms with E-state index < -0.39 is 0 Å². The first kappa shape index (κ1) is 21.4. The Morgan fingerprint density at radius 3 is 2.35 bits per heavy atom. The third-order valence-corrected chi connectivity index (χ3v) is 6.06. The second-order valence-electron chi connectivity index (χ2n) is 7.77. The number of benzene rings is 3. The molecule has 0 aliphatic heterocycles. The molecule has 0 unspecified atom stereocenters. The summed E-state index contributed by atoms with van der Waals surface area (Å²) in [6.07, 6.45) is 0.611. The van der Waals surface area contributed by atoms with Crippen LogP contribution in [0, 0.1) is 6.92 Å². The van der Waals surface area contributed by atoms with Crippen LogP contribution in [0.2, 0.25) is 10.0 Å². The molecule has 31 heavy (non-hydrogen) atoms.